The Labute approximate surface area is 143 Å². The van der Waals surface area contributed by atoms with E-state index in [0.29, 0.717) is 27.7 Å². The summed E-state index contributed by atoms with van der Waals surface area (Å²) in [4.78, 5) is 4.58. The van der Waals surface area contributed by atoms with Crippen LogP contribution in [0, 0.1) is 17.9 Å². The Kier molecular flexibility index (Phi) is 3.39. The van der Waals surface area contributed by atoms with Gasteiger partial charge >= 0.3 is 0 Å². The first-order chi connectivity index (χ1) is 11.6. The summed E-state index contributed by atoms with van der Waals surface area (Å²) in [6.07, 6.45) is 1.50. The molecule has 1 aliphatic heterocycles. The molecule has 24 heavy (non-hydrogen) atoms. The van der Waals surface area contributed by atoms with Crippen molar-refractivity contribution in [2.45, 2.75) is 13.5 Å². The van der Waals surface area contributed by atoms with Gasteiger partial charge in [-0.3, -0.25) is 4.99 Å². The molecule has 0 N–H and O–H groups in total. The first kappa shape index (κ1) is 14.9. The maximum atomic E-state index is 14.3. The van der Waals surface area contributed by atoms with E-state index in [1.807, 2.05) is 10.6 Å². The Morgan fingerprint density at radius 1 is 1.21 bits per heavy atom. The summed E-state index contributed by atoms with van der Waals surface area (Å²) in [5.74, 6) is 0.183. The van der Waals surface area contributed by atoms with E-state index in [9.17, 15) is 9.60 Å². The third kappa shape index (κ3) is 2.20. The van der Waals surface area contributed by atoms with Crippen LogP contribution in [0.5, 0.6) is 0 Å². The lowest BCUT2D eigenvalue weighted by molar-refractivity contribution is -0.611. The van der Waals surface area contributed by atoms with Gasteiger partial charge in [-0.25, -0.2) is 9.12 Å². The number of halogens is 2. The van der Waals surface area contributed by atoms with Crippen LogP contribution >= 0.6 is 11.6 Å². The maximum absolute atomic E-state index is 14.3. The second kappa shape index (κ2) is 5.46. The van der Waals surface area contributed by atoms with E-state index in [2.05, 4.69) is 4.99 Å². The first-order valence-electron chi connectivity index (χ1n) is 7.46. The minimum Gasteiger partial charge on any atom is -0.711 e. The molecular weight excluding hydrogens is 329 g/mol. The fourth-order valence-corrected chi connectivity index (χ4v) is 3.23. The minimum atomic E-state index is -0.343. The average molecular weight is 342 g/mol. The number of hydrogen-bond acceptors (Lipinski definition) is 2. The Hall–Kier alpha value is -2.66. The van der Waals surface area contributed by atoms with Gasteiger partial charge in [-0.05, 0) is 30.3 Å². The molecule has 120 valence electrons. The molecule has 0 atom stereocenters. The van der Waals surface area contributed by atoms with Gasteiger partial charge in [0.15, 0.2) is 5.69 Å². The summed E-state index contributed by atoms with van der Waals surface area (Å²) in [5.41, 5.74) is 3.16. The average Bonchev–Trinajstić information content (AvgIpc) is 2.75. The number of aliphatic imine (C=N–C) groups is 1. The van der Waals surface area contributed by atoms with Gasteiger partial charge in [-0.15, -0.1) is 0 Å². The highest BCUT2D eigenvalue weighted by Gasteiger charge is 2.27. The molecule has 0 bridgehead atoms. The number of hydrogen-bond donors (Lipinski definition) is 0. The van der Waals surface area contributed by atoms with Gasteiger partial charge in [-0.1, -0.05) is 23.7 Å². The van der Waals surface area contributed by atoms with Crippen LogP contribution in [-0.4, -0.2) is 10.3 Å². The second-order valence-electron chi connectivity index (χ2n) is 5.64. The molecule has 0 amide bonds. The smallest absolute Gasteiger partial charge is 0.261 e. The zero-order valence-electron chi connectivity index (χ0n) is 12.8. The van der Waals surface area contributed by atoms with Gasteiger partial charge in [0.2, 0.25) is 0 Å². The lowest BCUT2D eigenvalue weighted by Crippen LogP contribution is -2.27. The highest BCUT2D eigenvalue weighted by atomic mass is 35.5. The maximum Gasteiger partial charge on any atom is 0.261 e. The van der Waals surface area contributed by atoms with Gasteiger partial charge in [0.05, 0.1) is 5.71 Å². The summed E-state index contributed by atoms with van der Waals surface area (Å²) in [6, 6.07) is 11.9. The highest BCUT2D eigenvalue weighted by Crippen LogP contribution is 2.29. The summed E-state index contributed by atoms with van der Waals surface area (Å²) in [5, 5.41) is 12.5. The molecule has 6 heteroatoms. The van der Waals surface area contributed by atoms with Crippen LogP contribution in [-0.2, 0) is 6.54 Å². The molecule has 0 saturated heterocycles. The van der Waals surface area contributed by atoms with E-state index in [4.69, 9.17) is 11.6 Å². The summed E-state index contributed by atoms with van der Waals surface area (Å²) in [7, 11) is 0. The van der Waals surface area contributed by atoms with Crippen molar-refractivity contribution in [2.24, 2.45) is 4.99 Å². The Morgan fingerprint density at radius 3 is 2.79 bits per heavy atom. The van der Waals surface area contributed by atoms with Crippen molar-refractivity contribution in [2.75, 3.05) is 0 Å². The largest absolute Gasteiger partial charge is 0.711 e. The Morgan fingerprint density at radius 2 is 2.00 bits per heavy atom. The first-order valence-corrected chi connectivity index (χ1v) is 7.84. The third-order valence-corrected chi connectivity index (χ3v) is 4.41. The highest BCUT2D eigenvalue weighted by molar-refractivity contribution is 6.31. The van der Waals surface area contributed by atoms with Crippen molar-refractivity contribution in [3.05, 3.63) is 87.4 Å². The molecule has 0 fully saturated rings. The van der Waals surface area contributed by atoms with Crippen LogP contribution in [0.25, 0.3) is 5.69 Å². The Balaban J connectivity index is 2.03. The van der Waals surface area contributed by atoms with Crippen molar-refractivity contribution in [3.63, 3.8) is 0 Å². The molecule has 0 radical (unpaired) electrons. The molecule has 1 aromatic heterocycles. The van der Waals surface area contributed by atoms with Crippen molar-refractivity contribution < 1.29 is 9.12 Å². The number of nitrogens with zero attached hydrogens (tertiary/aromatic N) is 3. The molecule has 0 unspecified atom stereocenters. The van der Waals surface area contributed by atoms with Crippen molar-refractivity contribution in [3.8, 4) is 5.69 Å². The lowest BCUT2D eigenvalue weighted by atomic mass is 10.00. The van der Waals surface area contributed by atoms with E-state index < -0.39 is 0 Å². The monoisotopic (exact) mass is 341 g/mol. The normalized spacial score (nSPS) is 13.0. The van der Waals surface area contributed by atoms with E-state index in [0.717, 1.165) is 16.1 Å². The molecule has 3 aromatic rings. The zero-order chi connectivity index (χ0) is 16.8. The van der Waals surface area contributed by atoms with Crippen LogP contribution in [0.2, 0.25) is 5.02 Å². The van der Waals surface area contributed by atoms with Gasteiger partial charge in [0.1, 0.15) is 24.2 Å². The van der Waals surface area contributed by atoms with Crippen LogP contribution < -0.4 is 4.73 Å². The SMILES string of the molecule is Cc1n2c(c[n+]1[O-])CN=C(c1ccccc1F)c1cc(Cl)ccc1-2. The molecular formula is C18H13ClFN3O. The van der Waals surface area contributed by atoms with Crippen molar-refractivity contribution >= 4 is 17.3 Å². The molecule has 4 nitrogen and oxygen atoms in total. The molecule has 2 heterocycles. The Bertz CT molecular complexity index is 994. The number of fused-ring (bicyclic) bond motifs is 3. The standard InChI is InChI=1S/C18H13ClFN3O/c1-11-22(24)10-13-9-21-18(14-4-2-3-5-16(14)20)15-8-12(19)6-7-17(15)23(11)13/h2-8,10H,9H2,1H3. The van der Waals surface area contributed by atoms with E-state index in [-0.39, 0.29) is 12.4 Å². The van der Waals surface area contributed by atoms with Crippen LogP contribution in [0.1, 0.15) is 22.6 Å². The molecule has 1 aliphatic rings. The van der Waals surface area contributed by atoms with E-state index in [1.165, 1.54) is 12.3 Å². The van der Waals surface area contributed by atoms with Gasteiger partial charge in [0.25, 0.3) is 5.82 Å². The predicted octanol–water partition coefficient (Wildman–Crippen LogP) is 3.56. The summed E-state index contributed by atoms with van der Waals surface area (Å²) in [6.45, 7) is 2.02. The quantitative estimate of drug-likeness (QED) is 0.493. The number of benzene rings is 2. The van der Waals surface area contributed by atoms with E-state index in [1.54, 1.807) is 37.3 Å². The number of rotatable bonds is 1. The lowest BCUT2D eigenvalue weighted by Gasteiger charge is -2.11. The van der Waals surface area contributed by atoms with Crippen LogP contribution in [0.15, 0.2) is 53.7 Å². The molecule has 0 spiro atoms. The molecule has 2 aromatic carbocycles. The third-order valence-electron chi connectivity index (χ3n) is 4.18. The summed E-state index contributed by atoms with van der Waals surface area (Å²) >= 11 is 6.17. The number of aromatic nitrogens is 2. The molecule has 0 saturated carbocycles. The zero-order valence-corrected chi connectivity index (χ0v) is 13.6. The predicted molar refractivity (Wildman–Crippen MR) is 90.2 cm³/mol. The van der Waals surface area contributed by atoms with Crippen molar-refractivity contribution in [1.29, 1.82) is 0 Å². The van der Waals surface area contributed by atoms with Crippen LogP contribution in [0.4, 0.5) is 4.39 Å². The van der Waals surface area contributed by atoms with Crippen molar-refractivity contribution in [1.82, 2.24) is 4.57 Å². The summed E-state index contributed by atoms with van der Waals surface area (Å²) < 4.78 is 17.0. The molecule has 4 rings (SSSR count). The van der Waals surface area contributed by atoms with Crippen LogP contribution in [0.3, 0.4) is 0 Å². The topological polar surface area (TPSA) is 44.2 Å². The fourth-order valence-electron chi connectivity index (χ4n) is 3.06. The van der Waals surface area contributed by atoms with Gasteiger partial charge < -0.3 is 5.21 Å². The van der Waals surface area contributed by atoms with E-state index >= 15 is 0 Å². The van der Waals surface area contributed by atoms with Gasteiger partial charge in [0, 0.05) is 23.1 Å². The van der Waals surface area contributed by atoms with Gasteiger partial charge in [-0.2, -0.15) is 4.57 Å². The fraction of sp³-hybridized carbons (Fsp3) is 0.111. The number of imidazole rings is 1. The molecule has 0 aliphatic carbocycles. The minimum absolute atomic E-state index is 0.284. The second-order valence-corrected chi connectivity index (χ2v) is 6.07.